The van der Waals surface area contributed by atoms with Crippen LogP contribution in [0.25, 0.3) is 0 Å². The Balaban J connectivity index is 1.54. The molecule has 1 atom stereocenters. The van der Waals surface area contributed by atoms with Crippen molar-refractivity contribution in [3.8, 4) is 0 Å². The molecule has 34 heavy (non-hydrogen) atoms. The van der Waals surface area contributed by atoms with Crippen LogP contribution in [-0.2, 0) is 11.0 Å². The Morgan fingerprint density at radius 3 is 2.29 bits per heavy atom. The predicted octanol–water partition coefficient (Wildman–Crippen LogP) is 4.84. The van der Waals surface area contributed by atoms with Crippen LogP contribution >= 0.6 is 11.6 Å². The van der Waals surface area contributed by atoms with Crippen molar-refractivity contribution in [2.75, 3.05) is 18.4 Å². The van der Waals surface area contributed by atoms with Crippen LogP contribution in [0.15, 0.2) is 72.9 Å². The molecular formula is C24H22ClF3N4O2. The van der Waals surface area contributed by atoms with Gasteiger partial charge in [0.25, 0.3) is 5.91 Å². The van der Waals surface area contributed by atoms with Gasteiger partial charge in [-0.1, -0.05) is 54.1 Å². The van der Waals surface area contributed by atoms with Gasteiger partial charge >= 0.3 is 6.18 Å². The highest BCUT2D eigenvalue weighted by molar-refractivity contribution is 6.33. The number of anilines is 1. The van der Waals surface area contributed by atoms with E-state index in [-0.39, 0.29) is 31.2 Å². The molecule has 0 saturated heterocycles. The van der Waals surface area contributed by atoms with E-state index < -0.39 is 23.7 Å². The molecule has 0 aliphatic heterocycles. The zero-order valence-electron chi connectivity index (χ0n) is 17.9. The molecule has 0 radical (unpaired) electrons. The average molecular weight is 491 g/mol. The zero-order chi connectivity index (χ0) is 24.6. The lowest BCUT2D eigenvalue weighted by atomic mass is 10.0. The Morgan fingerprint density at radius 2 is 1.65 bits per heavy atom. The van der Waals surface area contributed by atoms with Gasteiger partial charge in [-0.15, -0.1) is 0 Å². The first-order chi connectivity index (χ1) is 16.2. The molecule has 6 nitrogen and oxygen atoms in total. The molecule has 2 aromatic carbocycles. The Bertz CT molecular complexity index is 1110. The fourth-order valence-electron chi connectivity index (χ4n) is 3.14. The molecule has 1 aromatic heterocycles. The average Bonchev–Trinajstić information content (AvgIpc) is 2.82. The van der Waals surface area contributed by atoms with Gasteiger partial charge in [0, 0.05) is 19.3 Å². The smallest absolute Gasteiger partial charge is 0.368 e. The molecule has 0 fully saturated rings. The Labute approximate surface area is 199 Å². The van der Waals surface area contributed by atoms with Gasteiger partial charge in [-0.25, -0.2) is 4.98 Å². The number of carbonyl (C=O) groups is 2. The summed E-state index contributed by atoms with van der Waals surface area (Å²) in [5, 5.41) is 8.73. The van der Waals surface area contributed by atoms with Gasteiger partial charge in [-0.05, 0) is 29.8 Å². The number of benzene rings is 2. The number of pyridine rings is 1. The van der Waals surface area contributed by atoms with E-state index in [0.717, 1.165) is 17.8 Å². The summed E-state index contributed by atoms with van der Waals surface area (Å²) in [5.41, 5.74) is 0.223. The van der Waals surface area contributed by atoms with E-state index in [0.29, 0.717) is 10.6 Å². The summed E-state index contributed by atoms with van der Waals surface area (Å²) >= 11 is 6.11. The lowest BCUT2D eigenvalue weighted by molar-refractivity contribution is -0.137. The summed E-state index contributed by atoms with van der Waals surface area (Å²) in [6.07, 6.45) is -3.72. The van der Waals surface area contributed by atoms with Gasteiger partial charge in [0.1, 0.15) is 5.82 Å². The molecular weight excluding hydrogens is 469 g/mol. The minimum atomic E-state index is -4.45. The number of aromatic nitrogens is 1. The van der Waals surface area contributed by atoms with Crippen LogP contribution in [0.5, 0.6) is 0 Å². The second kappa shape index (κ2) is 11.5. The highest BCUT2D eigenvalue weighted by Gasteiger charge is 2.30. The summed E-state index contributed by atoms with van der Waals surface area (Å²) in [5.74, 6) is -0.450. The van der Waals surface area contributed by atoms with E-state index in [4.69, 9.17) is 11.6 Å². The summed E-state index contributed by atoms with van der Waals surface area (Å²) in [6.45, 7) is 0.466. The number of nitrogens with one attached hydrogen (secondary N) is 3. The van der Waals surface area contributed by atoms with Crippen molar-refractivity contribution in [1.29, 1.82) is 0 Å². The van der Waals surface area contributed by atoms with E-state index in [9.17, 15) is 22.8 Å². The molecule has 178 valence electrons. The molecule has 3 aromatic rings. The van der Waals surface area contributed by atoms with Crippen molar-refractivity contribution in [2.24, 2.45) is 0 Å². The number of hydrogen-bond donors (Lipinski definition) is 3. The molecule has 1 heterocycles. The van der Waals surface area contributed by atoms with E-state index in [2.05, 4.69) is 20.9 Å². The van der Waals surface area contributed by atoms with Crippen molar-refractivity contribution in [2.45, 2.75) is 18.6 Å². The summed E-state index contributed by atoms with van der Waals surface area (Å²) in [4.78, 5) is 29.0. The van der Waals surface area contributed by atoms with Gasteiger partial charge in [0.2, 0.25) is 5.91 Å². The molecule has 0 aliphatic carbocycles. The second-order valence-electron chi connectivity index (χ2n) is 7.33. The molecule has 0 spiro atoms. The maximum Gasteiger partial charge on any atom is 0.417 e. The molecule has 2 amide bonds. The van der Waals surface area contributed by atoms with E-state index in [1.54, 1.807) is 24.3 Å². The number of hydrogen-bond acceptors (Lipinski definition) is 4. The lowest BCUT2D eigenvalue weighted by Gasteiger charge is -2.19. The number of halogens is 4. The quantitative estimate of drug-likeness (QED) is 0.375. The first-order valence-corrected chi connectivity index (χ1v) is 10.8. The minimum absolute atomic E-state index is 0.0151. The van der Waals surface area contributed by atoms with Gasteiger partial charge in [0.15, 0.2) is 0 Å². The molecule has 0 aliphatic rings. The minimum Gasteiger partial charge on any atom is -0.368 e. The molecule has 1 unspecified atom stereocenters. The first-order valence-electron chi connectivity index (χ1n) is 10.4. The third kappa shape index (κ3) is 7.21. The van der Waals surface area contributed by atoms with E-state index in [1.807, 2.05) is 30.3 Å². The van der Waals surface area contributed by atoms with Crippen molar-refractivity contribution in [3.05, 3.63) is 94.6 Å². The van der Waals surface area contributed by atoms with Crippen LogP contribution in [0.3, 0.4) is 0 Å². The predicted molar refractivity (Wildman–Crippen MR) is 123 cm³/mol. The second-order valence-corrected chi connectivity index (χ2v) is 7.73. The SMILES string of the molecule is O=C(CC(NC(=O)c1ccccc1Cl)c1ccccc1)NCCNc1ccc(C(F)(F)F)cn1. The fourth-order valence-corrected chi connectivity index (χ4v) is 3.36. The standard InChI is InChI=1S/C24H22ClF3N4O2/c25-19-9-5-4-8-18(19)23(34)32-20(16-6-2-1-3-7-16)14-22(33)30-13-12-29-21-11-10-17(15-31-21)24(26,27)28/h1-11,15,20H,12-14H2,(H,29,31)(H,30,33)(H,32,34). The Kier molecular flexibility index (Phi) is 8.48. The van der Waals surface area contributed by atoms with Crippen LogP contribution in [0.4, 0.5) is 19.0 Å². The monoisotopic (exact) mass is 490 g/mol. The van der Waals surface area contributed by atoms with Crippen molar-refractivity contribution >= 4 is 29.2 Å². The normalized spacial score (nSPS) is 12.0. The number of alkyl halides is 3. The highest BCUT2D eigenvalue weighted by Crippen LogP contribution is 2.28. The Hall–Kier alpha value is -3.59. The maximum absolute atomic E-state index is 12.7. The number of carbonyl (C=O) groups excluding carboxylic acids is 2. The van der Waals surface area contributed by atoms with Crippen LogP contribution in [0, 0.1) is 0 Å². The van der Waals surface area contributed by atoms with Crippen molar-refractivity contribution < 1.29 is 22.8 Å². The molecule has 0 saturated carbocycles. The highest BCUT2D eigenvalue weighted by atomic mass is 35.5. The summed E-state index contributed by atoms with van der Waals surface area (Å²) in [7, 11) is 0. The number of nitrogens with zero attached hydrogens (tertiary/aromatic N) is 1. The van der Waals surface area contributed by atoms with Crippen LogP contribution in [-0.4, -0.2) is 29.9 Å². The summed E-state index contributed by atoms with van der Waals surface area (Å²) < 4.78 is 37.8. The number of rotatable bonds is 9. The van der Waals surface area contributed by atoms with Gasteiger partial charge in [0.05, 0.1) is 28.6 Å². The first kappa shape index (κ1) is 25.0. The molecule has 3 N–H and O–H groups in total. The van der Waals surface area contributed by atoms with Gasteiger partial charge in [-0.2, -0.15) is 13.2 Å². The number of amides is 2. The third-order valence-corrected chi connectivity index (χ3v) is 5.19. The van der Waals surface area contributed by atoms with Crippen LogP contribution in [0.2, 0.25) is 5.02 Å². The molecule has 0 bridgehead atoms. The zero-order valence-corrected chi connectivity index (χ0v) is 18.7. The maximum atomic E-state index is 12.7. The van der Waals surface area contributed by atoms with Crippen molar-refractivity contribution in [3.63, 3.8) is 0 Å². The van der Waals surface area contributed by atoms with E-state index >= 15 is 0 Å². The molecule has 10 heteroatoms. The van der Waals surface area contributed by atoms with Crippen LogP contribution < -0.4 is 16.0 Å². The fraction of sp³-hybridized carbons (Fsp3) is 0.208. The van der Waals surface area contributed by atoms with Crippen LogP contribution in [0.1, 0.15) is 33.9 Å². The Morgan fingerprint density at radius 1 is 0.941 bits per heavy atom. The third-order valence-electron chi connectivity index (χ3n) is 4.86. The molecule has 3 rings (SSSR count). The van der Waals surface area contributed by atoms with Crippen molar-refractivity contribution in [1.82, 2.24) is 15.6 Å². The lowest BCUT2D eigenvalue weighted by Crippen LogP contribution is -2.35. The largest absolute Gasteiger partial charge is 0.417 e. The van der Waals surface area contributed by atoms with Gasteiger partial charge < -0.3 is 16.0 Å². The van der Waals surface area contributed by atoms with E-state index in [1.165, 1.54) is 6.07 Å². The summed E-state index contributed by atoms with van der Waals surface area (Å²) in [6, 6.07) is 17.3. The topological polar surface area (TPSA) is 83.1 Å². The van der Waals surface area contributed by atoms with Gasteiger partial charge in [-0.3, -0.25) is 9.59 Å².